The minimum atomic E-state index is -0.167. The van der Waals surface area contributed by atoms with Gasteiger partial charge in [-0.15, -0.1) is 0 Å². The van der Waals surface area contributed by atoms with Crippen LogP contribution in [0.3, 0.4) is 0 Å². The Balaban J connectivity index is 1.63. The number of carbonyl (C=O) groups excluding carboxylic acids is 1. The summed E-state index contributed by atoms with van der Waals surface area (Å²) in [7, 11) is 0. The normalized spacial score (nSPS) is 14.5. The summed E-state index contributed by atoms with van der Waals surface area (Å²) in [5, 5.41) is 2.97. The first-order chi connectivity index (χ1) is 17.7. The van der Waals surface area contributed by atoms with Crippen molar-refractivity contribution in [3.63, 3.8) is 0 Å². The molecular weight excluding hydrogens is 458 g/mol. The molecule has 3 aromatic rings. The Hall–Kier alpha value is -3.93. The van der Waals surface area contributed by atoms with Gasteiger partial charge in [0.25, 0.3) is 5.91 Å². The van der Waals surface area contributed by atoms with E-state index in [1.807, 2.05) is 31.3 Å². The highest BCUT2D eigenvalue weighted by Crippen LogP contribution is 2.31. The van der Waals surface area contributed by atoms with Gasteiger partial charge in [-0.05, 0) is 90.4 Å². The Morgan fingerprint density at radius 3 is 2.51 bits per heavy atom. The summed E-state index contributed by atoms with van der Waals surface area (Å²) in [5.41, 5.74) is 20.4. The van der Waals surface area contributed by atoms with Gasteiger partial charge >= 0.3 is 0 Å². The van der Waals surface area contributed by atoms with Gasteiger partial charge in [0.2, 0.25) is 0 Å². The van der Waals surface area contributed by atoms with Crippen molar-refractivity contribution in [1.29, 1.82) is 0 Å². The second kappa shape index (κ2) is 11.0. The Morgan fingerprint density at radius 2 is 1.81 bits per heavy atom. The van der Waals surface area contributed by atoms with Crippen molar-refractivity contribution >= 4 is 17.2 Å². The Morgan fingerprint density at radius 1 is 1.08 bits per heavy atom. The van der Waals surface area contributed by atoms with Crippen LogP contribution in [0.5, 0.6) is 0 Å². The molecule has 2 aromatic heterocycles. The van der Waals surface area contributed by atoms with Crippen molar-refractivity contribution in [2.24, 2.45) is 11.5 Å². The molecule has 0 aliphatic heterocycles. The third kappa shape index (κ3) is 6.26. The molecule has 6 nitrogen and oxygen atoms in total. The number of rotatable bonds is 9. The number of amides is 1. The lowest BCUT2D eigenvalue weighted by molar-refractivity contribution is 0.0946. The second-order valence-corrected chi connectivity index (χ2v) is 10.5. The zero-order valence-electron chi connectivity index (χ0n) is 22.2. The van der Waals surface area contributed by atoms with Crippen molar-refractivity contribution in [2.45, 2.75) is 64.8 Å². The maximum Gasteiger partial charge on any atom is 0.270 e. The number of nitrogens with one attached hydrogen (secondary N) is 1. The van der Waals surface area contributed by atoms with Gasteiger partial charge in [0.05, 0.1) is 0 Å². The summed E-state index contributed by atoms with van der Waals surface area (Å²) < 4.78 is 0. The molecule has 1 amide bonds. The van der Waals surface area contributed by atoms with Crippen molar-refractivity contribution in [2.75, 3.05) is 0 Å². The lowest BCUT2D eigenvalue weighted by Crippen LogP contribution is -2.26. The highest BCUT2D eigenvalue weighted by atomic mass is 16.2. The fourth-order valence-electron chi connectivity index (χ4n) is 4.54. The molecule has 0 radical (unpaired) electrons. The van der Waals surface area contributed by atoms with Crippen LogP contribution < -0.4 is 16.8 Å². The van der Waals surface area contributed by atoms with E-state index in [2.05, 4.69) is 60.3 Å². The highest BCUT2D eigenvalue weighted by Gasteiger charge is 2.24. The molecule has 0 bridgehead atoms. The van der Waals surface area contributed by atoms with Crippen LogP contribution in [-0.2, 0) is 5.41 Å². The van der Waals surface area contributed by atoms with E-state index >= 15 is 0 Å². The SMILES string of the molecule is CCCC(C)(C)c1cc(-c2ccc(C)c(/C(N)=C/C(=C\N)c3ccnc(C(=O)NC4CC4)c3)c2)ccn1. The number of carbonyl (C=O) groups is 1. The number of hydrogen-bond donors (Lipinski definition) is 3. The van der Waals surface area contributed by atoms with Crippen LogP contribution in [0, 0.1) is 6.92 Å². The molecule has 1 fully saturated rings. The van der Waals surface area contributed by atoms with Crippen LogP contribution in [0.15, 0.2) is 67.1 Å². The van der Waals surface area contributed by atoms with Crippen molar-refractivity contribution in [3.8, 4) is 11.1 Å². The molecule has 37 heavy (non-hydrogen) atoms. The number of nitrogens with two attached hydrogens (primary N) is 2. The molecule has 2 heterocycles. The first kappa shape index (κ1) is 26.1. The predicted molar refractivity (Wildman–Crippen MR) is 151 cm³/mol. The maximum absolute atomic E-state index is 12.5. The first-order valence-electron chi connectivity index (χ1n) is 13.0. The lowest BCUT2D eigenvalue weighted by atomic mass is 9.83. The average molecular weight is 496 g/mol. The Bertz CT molecular complexity index is 1350. The van der Waals surface area contributed by atoms with Crippen LogP contribution >= 0.6 is 0 Å². The first-order valence-corrected chi connectivity index (χ1v) is 13.0. The third-order valence-electron chi connectivity index (χ3n) is 6.94. The summed E-state index contributed by atoms with van der Waals surface area (Å²) >= 11 is 0. The molecule has 5 N–H and O–H groups in total. The molecule has 0 spiro atoms. The van der Waals surface area contributed by atoms with Gasteiger partial charge in [0.1, 0.15) is 5.69 Å². The van der Waals surface area contributed by atoms with E-state index in [9.17, 15) is 4.79 Å². The molecule has 1 aliphatic rings. The van der Waals surface area contributed by atoms with Gasteiger partial charge < -0.3 is 16.8 Å². The summed E-state index contributed by atoms with van der Waals surface area (Å²) in [5.74, 6) is -0.167. The molecule has 0 unspecified atom stereocenters. The van der Waals surface area contributed by atoms with E-state index in [0.717, 1.165) is 64.8 Å². The number of aromatic nitrogens is 2. The standard InChI is InChI=1S/C31H37N5O/c1-5-12-31(3,4)29-18-23(11-14-35-29)21-7-6-20(2)26(15-21)27(33)16-24(19-32)22-10-13-34-28(17-22)30(37)36-25-8-9-25/h6-7,10-11,13-19,25H,5,8-9,12,32-33H2,1-4H3,(H,36,37)/b24-19+,27-16-. The van der Waals surface area contributed by atoms with Crippen molar-refractivity contribution in [1.82, 2.24) is 15.3 Å². The number of pyridine rings is 2. The third-order valence-corrected chi connectivity index (χ3v) is 6.94. The summed E-state index contributed by atoms with van der Waals surface area (Å²) in [6.07, 6.45) is 11.1. The lowest BCUT2D eigenvalue weighted by Gasteiger charge is -2.24. The van der Waals surface area contributed by atoms with Crippen molar-refractivity contribution < 1.29 is 4.79 Å². The van der Waals surface area contributed by atoms with Crippen LogP contribution in [0.25, 0.3) is 22.4 Å². The molecule has 1 aromatic carbocycles. The van der Waals surface area contributed by atoms with E-state index in [-0.39, 0.29) is 17.4 Å². The second-order valence-electron chi connectivity index (χ2n) is 10.5. The number of hydrogen-bond acceptors (Lipinski definition) is 5. The van der Waals surface area contributed by atoms with E-state index in [4.69, 9.17) is 11.5 Å². The minimum absolute atomic E-state index is 0.0109. The minimum Gasteiger partial charge on any atom is -0.404 e. The van der Waals surface area contributed by atoms with Crippen molar-refractivity contribution in [3.05, 3.63) is 95.2 Å². The monoisotopic (exact) mass is 495 g/mol. The highest BCUT2D eigenvalue weighted by molar-refractivity contribution is 5.94. The van der Waals surface area contributed by atoms with E-state index in [1.165, 1.54) is 6.20 Å². The molecule has 1 saturated carbocycles. The van der Waals surface area contributed by atoms with Crippen LogP contribution in [-0.4, -0.2) is 21.9 Å². The predicted octanol–water partition coefficient (Wildman–Crippen LogP) is 5.72. The fourth-order valence-corrected chi connectivity index (χ4v) is 4.54. The number of allylic oxidation sites excluding steroid dienone is 2. The fraction of sp³-hybridized carbons (Fsp3) is 0.323. The zero-order chi connectivity index (χ0) is 26.6. The Kier molecular flexibility index (Phi) is 7.77. The van der Waals surface area contributed by atoms with E-state index < -0.39 is 0 Å². The van der Waals surface area contributed by atoms with E-state index in [1.54, 1.807) is 12.3 Å². The Labute approximate surface area is 219 Å². The van der Waals surface area contributed by atoms with Gasteiger partial charge in [-0.25, -0.2) is 0 Å². The summed E-state index contributed by atoms with van der Waals surface area (Å²) in [6, 6.07) is 14.4. The molecule has 6 heteroatoms. The smallest absolute Gasteiger partial charge is 0.270 e. The molecule has 192 valence electrons. The van der Waals surface area contributed by atoms with Crippen LogP contribution in [0.2, 0.25) is 0 Å². The summed E-state index contributed by atoms with van der Waals surface area (Å²) in [4.78, 5) is 21.4. The van der Waals surface area contributed by atoms with E-state index in [0.29, 0.717) is 11.4 Å². The topological polar surface area (TPSA) is 107 Å². The van der Waals surface area contributed by atoms with Gasteiger partial charge in [-0.2, -0.15) is 0 Å². The molecule has 0 saturated heterocycles. The summed E-state index contributed by atoms with van der Waals surface area (Å²) in [6.45, 7) is 8.73. The molecular formula is C31H37N5O. The number of nitrogens with zero attached hydrogens (tertiary/aromatic N) is 2. The number of benzene rings is 1. The maximum atomic E-state index is 12.5. The van der Waals surface area contributed by atoms with Gasteiger partial charge in [-0.3, -0.25) is 14.8 Å². The van der Waals surface area contributed by atoms with Gasteiger partial charge in [0, 0.05) is 47.0 Å². The van der Waals surface area contributed by atoms with Gasteiger partial charge in [0.15, 0.2) is 0 Å². The molecule has 0 atom stereocenters. The molecule has 1 aliphatic carbocycles. The largest absolute Gasteiger partial charge is 0.404 e. The quantitative estimate of drug-likeness (QED) is 0.329. The van der Waals surface area contributed by atoms with Crippen LogP contribution in [0.1, 0.15) is 79.3 Å². The zero-order valence-corrected chi connectivity index (χ0v) is 22.2. The average Bonchev–Trinajstić information content (AvgIpc) is 3.71. The van der Waals surface area contributed by atoms with Gasteiger partial charge in [-0.1, -0.05) is 39.3 Å². The number of aryl methyl sites for hydroxylation is 1. The van der Waals surface area contributed by atoms with Crippen LogP contribution in [0.4, 0.5) is 0 Å². The molecule has 4 rings (SSSR count).